The summed E-state index contributed by atoms with van der Waals surface area (Å²) in [6, 6.07) is 9.51. The molecule has 0 bridgehead atoms. The van der Waals surface area contributed by atoms with Crippen LogP contribution in [0.15, 0.2) is 35.1 Å². The number of hydrogen-bond donors (Lipinski definition) is 1. The number of nitrogen functional groups attached to an aromatic ring is 1. The molecule has 1 aromatic carbocycles. The highest BCUT2D eigenvalue weighted by molar-refractivity contribution is 8.00. The van der Waals surface area contributed by atoms with E-state index in [1.807, 2.05) is 42.1 Å². The van der Waals surface area contributed by atoms with Gasteiger partial charge in [0.05, 0.1) is 0 Å². The second-order valence-electron chi connectivity index (χ2n) is 5.14. The number of anilines is 1. The summed E-state index contributed by atoms with van der Waals surface area (Å²) in [7, 11) is 0. The lowest BCUT2D eigenvalue weighted by Crippen LogP contribution is -2.35. The van der Waals surface area contributed by atoms with Crippen LogP contribution >= 0.6 is 11.8 Å². The average Bonchev–Trinajstić information content (AvgIpc) is 2.48. The van der Waals surface area contributed by atoms with Crippen LogP contribution in [0.25, 0.3) is 10.8 Å². The average molecular weight is 290 g/mol. The third-order valence-corrected chi connectivity index (χ3v) is 5.79. The molecule has 0 atom stereocenters. The maximum absolute atomic E-state index is 12.6. The van der Waals surface area contributed by atoms with Gasteiger partial charge in [-0.2, -0.15) is 11.8 Å². The number of nitrogens with two attached hydrogens (primary N) is 1. The first-order chi connectivity index (χ1) is 9.56. The molecule has 1 heterocycles. The molecule has 2 rings (SSSR count). The van der Waals surface area contributed by atoms with Crippen molar-refractivity contribution in [2.45, 2.75) is 38.0 Å². The Labute approximate surface area is 124 Å². The highest BCUT2D eigenvalue weighted by Gasteiger charge is 2.26. The Morgan fingerprint density at radius 1 is 1.25 bits per heavy atom. The lowest BCUT2D eigenvalue weighted by molar-refractivity contribution is 0.463. The quantitative estimate of drug-likeness (QED) is 0.916. The van der Waals surface area contributed by atoms with E-state index in [4.69, 9.17) is 5.73 Å². The van der Waals surface area contributed by atoms with Gasteiger partial charge in [0.25, 0.3) is 5.56 Å². The first kappa shape index (κ1) is 15.0. The van der Waals surface area contributed by atoms with E-state index in [-0.39, 0.29) is 10.3 Å². The molecule has 0 aliphatic heterocycles. The smallest absolute Gasteiger partial charge is 0.260 e. The number of pyridine rings is 1. The van der Waals surface area contributed by atoms with Crippen molar-refractivity contribution >= 4 is 28.4 Å². The van der Waals surface area contributed by atoms with E-state index < -0.39 is 0 Å². The van der Waals surface area contributed by atoms with Gasteiger partial charge in [0, 0.05) is 16.7 Å². The lowest BCUT2D eigenvalue weighted by Gasteiger charge is -2.31. The summed E-state index contributed by atoms with van der Waals surface area (Å²) < 4.78 is 1.80. The number of hydrogen-bond acceptors (Lipinski definition) is 3. The van der Waals surface area contributed by atoms with Crippen molar-refractivity contribution in [3.8, 4) is 0 Å². The predicted molar refractivity (Wildman–Crippen MR) is 89.4 cm³/mol. The molecule has 4 heteroatoms. The summed E-state index contributed by atoms with van der Waals surface area (Å²) in [6.07, 6.45) is 4.14. The van der Waals surface area contributed by atoms with Gasteiger partial charge in [-0.15, -0.1) is 0 Å². The van der Waals surface area contributed by atoms with E-state index in [0.717, 1.165) is 23.6 Å². The summed E-state index contributed by atoms with van der Waals surface area (Å²) in [5, 5.41) is 1.65. The number of aromatic nitrogens is 1. The summed E-state index contributed by atoms with van der Waals surface area (Å²) in [4.78, 5) is 12.6. The van der Waals surface area contributed by atoms with Gasteiger partial charge in [-0.05, 0) is 36.6 Å². The fourth-order valence-electron chi connectivity index (χ4n) is 2.60. The maximum Gasteiger partial charge on any atom is 0.260 e. The molecule has 0 amide bonds. The van der Waals surface area contributed by atoms with Crippen LogP contribution in [0, 0.1) is 0 Å². The molecule has 0 radical (unpaired) electrons. The Balaban J connectivity index is 2.57. The van der Waals surface area contributed by atoms with Gasteiger partial charge < -0.3 is 5.73 Å². The molecule has 1 aromatic heterocycles. The number of nitrogens with zero attached hydrogens (tertiary/aromatic N) is 1. The molecular formula is C16H22N2OS. The molecule has 0 aliphatic rings. The van der Waals surface area contributed by atoms with Crippen molar-refractivity contribution in [3.63, 3.8) is 0 Å². The molecule has 0 fully saturated rings. The second kappa shape index (κ2) is 5.92. The summed E-state index contributed by atoms with van der Waals surface area (Å²) >= 11 is 1.82. The highest BCUT2D eigenvalue weighted by Crippen LogP contribution is 2.32. The Morgan fingerprint density at radius 3 is 2.50 bits per heavy atom. The second-order valence-corrected chi connectivity index (χ2v) is 6.42. The number of benzene rings is 1. The summed E-state index contributed by atoms with van der Waals surface area (Å²) in [5.41, 5.74) is 6.13. The van der Waals surface area contributed by atoms with Crippen molar-refractivity contribution in [3.05, 3.63) is 40.7 Å². The van der Waals surface area contributed by atoms with E-state index in [2.05, 4.69) is 20.1 Å². The van der Waals surface area contributed by atoms with Crippen molar-refractivity contribution in [2.24, 2.45) is 0 Å². The topological polar surface area (TPSA) is 48.0 Å². The third-order valence-electron chi connectivity index (χ3n) is 4.22. The van der Waals surface area contributed by atoms with Crippen LogP contribution in [-0.2, 0) is 6.54 Å². The number of thioether (sulfide) groups is 1. The molecule has 0 saturated carbocycles. The SMILES string of the molecule is CCC(CC)(Cn1c(N)cc2ccccc2c1=O)SC. The normalized spacial score (nSPS) is 11.9. The van der Waals surface area contributed by atoms with Gasteiger partial charge in [-0.1, -0.05) is 32.0 Å². The summed E-state index contributed by atoms with van der Waals surface area (Å²) in [6.45, 7) is 5.00. The summed E-state index contributed by atoms with van der Waals surface area (Å²) in [5.74, 6) is 0.550. The first-order valence-electron chi connectivity index (χ1n) is 7.00. The van der Waals surface area contributed by atoms with Crippen LogP contribution < -0.4 is 11.3 Å². The lowest BCUT2D eigenvalue weighted by atomic mass is 10.0. The van der Waals surface area contributed by atoms with E-state index in [1.165, 1.54) is 0 Å². The van der Waals surface area contributed by atoms with Crippen molar-refractivity contribution in [1.29, 1.82) is 0 Å². The number of rotatable bonds is 5. The monoisotopic (exact) mass is 290 g/mol. The first-order valence-corrected chi connectivity index (χ1v) is 8.22. The van der Waals surface area contributed by atoms with Gasteiger partial charge in [0.2, 0.25) is 0 Å². The molecule has 108 valence electrons. The van der Waals surface area contributed by atoms with Crippen LogP contribution in [0.2, 0.25) is 0 Å². The minimum atomic E-state index is 0.0147. The van der Waals surface area contributed by atoms with Crippen molar-refractivity contribution in [2.75, 3.05) is 12.0 Å². The third kappa shape index (κ3) is 2.57. The Hall–Kier alpha value is -1.42. The van der Waals surface area contributed by atoms with Crippen LogP contribution in [-0.4, -0.2) is 15.6 Å². The minimum Gasteiger partial charge on any atom is -0.385 e. The predicted octanol–water partition coefficient (Wildman–Crippen LogP) is 3.51. The van der Waals surface area contributed by atoms with Gasteiger partial charge in [0.1, 0.15) is 5.82 Å². The van der Waals surface area contributed by atoms with E-state index >= 15 is 0 Å². The maximum atomic E-state index is 12.6. The molecule has 0 unspecified atom stereocenters. The van der Waals surface area contributed by atoms with Crippen LogP contribution in [0.3, 0.4) is 0 Å². The largest absolute Gasteiger partial charge is 0.385 e. The van der Waals surface area contributed by atoms with E-state index in [0.29, 0.717) is 12.4 Å². The molecule has 0 spiro atoms. The van der Waals surface area contributed by atoms with Gasteiger partial charge >= 0.3 is 0 Å². The van der Waals surface area contributed by atoms with Gasteiger partial charge in [-0.3, -0.25) is 9.36 Å². The number of fused-ring (bicyclic) bond motifs is 1. The zero-order valence-corrected chi connectivity index (χ0v) is 13.2. The fourth-order valence-corrected chi connectivity index (χ4v) is 3.43. The van der Waals surface area contributed by atoms with Crippen LogP contribution in [0.4, 0.5) is 5.82 Å². The molecular weight excluding hydrogens is 268 g/mol. The van der Waals surface area contributed by atoms with E-state index in [9.17, 15) is 4.79 Å². The fraction of sp³-hybridized carbons (Fsp3) is 0.438. The van der Waals surface area contributed by atoms with E-state index in [1.54, 1.807) is 4.57 Å². The standard InChI is InChI=1S/C16H22N2OS/c1-4-16(5-2,20-3)11-18-14(17)10-12-8-6-7-9-13(12)15(18)19/h6-10H,4-5,11,17H2,1-3H3. The van der Waals surface area contributed by atoms with Gasteiger partial charge in [0.15, 0.2) is 0 Å². The van der Waals surface area contributed by atoms with Crippen molar-refractivity contribution < 1.29 is 0 Å². The Kier molecular flexibility index (Phi) is 4.43. The zero-order valence-electron chi connectivity index (χ0n) is 12.3. The molecule has 0 aliphatic carbocycles. The van der Waals surface area contributed by atoms with Crippen molar-refractivity contribution in [1.82, 2.24) is 4.57 Å². The van der Waals surface area contributed by atoms with Gasteiger partial charge in [-0.25, -0.2) is 0 Å². The molecule has 0 saturated heterocycles. The zero-order chi connectivity index (χ0) is 14.8. The molecule has 3 nitrogen and oxygen atoms in total. The molecule has 20 heavy (non-hydrogen) atoms. The minimum absolute atomic E-state index is 0.0147. The Morgan fingerprint density at radius 2 is 1.90 bits per heavy atom. The Bertz CT molecular complexity index is 651. The van der Waals surface area contributed by atoms with Crippen LogP contribution in [0.5, 0.6) is 0 Å². The van der Waals surface area contributed by atoms with Crippen LogP contribution in [0.1, 0.15) is 26.7 Å². The molecule has 2 aromatic rings. The molecule has 2 N–H and O–H groups in total. The highest BCUT2D eigenvalue weighted by atomic mass is 32.2.